The van der Waals surface area contributed by atoms with Gasteiger partial charge in [0, 0.05) is 25.2 Å². The lowest BCUT2D eigenvalue weighted by molar-refractivity contribution is -0.125. The number of hydrogen-bond donors (Lipinski definition) is 3. The smallest absolute Gasteiger partial charge is 0.136 e. The first kappa shape index (κ1) is 34.7. The number of ketones is 2. The number of benzene rings is 2. The Kier molecular flexibility index (Phi) is 13.5. The Morgan fingerprint density at radius 2 is 1.69 bits per heavy atom. The van der Waals surface area contributed by atoms with Crippen molar-refractivity contribution in [3.05, 3.63) is 83.0 Å². The fourth-order valence-corrected chi connectivity index (χ4v) is 6.59. The molecule has 0 saturated heterocycles. The van der Waals surface area contributed by atoms with Crippen molar-refractivity contribution >= 4 is 11.6 Å². The number of rotatable bonds is 20. The van der Waals surface area contributed by atoms with Crippen LogP contribution in [0.25, 0.3) is 0 Å². The lowest BCUT2D eigenvalue weighted by Crippen LogP contribution is -2.26. The minimum atomic E-state index is -0.560. The van der Waals surface area contributed by atoms with Gasteiger partial charge in [0.15, 0.2) is 0 Å². The Labute approximate surface area is 270 Å². The highest BCUT2D eigenvalue weighted by atomic mass is 16.3. The fourth-order valence-electron chi connectivity index (χ4n) is 6.59. The van der Waals surface area contributed by atoms with E-state index in [0.29, 0.717) is 50.2 Å². The third-order valence-electron chi connectivity index (χ3n) is 9.90. The summed E-state index contributed by atoms with van der Waals surface area (Å²) in [7, 11) is 0. The van der Waals surface area contributed by atoms with Crippen LogP contribution in [0.1, 0.15) is 120 Å². The number of aliphatic hydroxyl groups is 1. The second kappa shape index (κ2) is 17.5. The zero-order chi connectivity index (χ0) is 32.2. The summed E-state index contributed by atoms with van der Waals surface area (Å²) in [6.45, 7) is 3.95. The topological polar surface area (TPSA) is 94.8 Å². The first-order valence-electron chi connectivity index (χ1n) is 17.3. The van der Waals surface area contributed by atoms with Gasteiger partial charge in [-0.05, 0) is 130 Å². The van der Waals surface area contributed by atoms with E-state index in [0.717, 1.165) is 56.1 Å². The predicted molar refractivity (Wildman–Crippen MR) is 181 cm³/mol. The molecule has 3 N–H and O–H groups in total. The molecule has 0 aliphatic heterocycles. The molecule has 4 unspecified atom stereocenters. The number of phenols is 2. The minimum Gasteiger partial charge on any atom is -0.508 e. The summed E-state index contributed by atoms with van der Waals surface area (Å²) in [6, 6.07) is 13.3. The van der Waals surface area contributed by atoms with Crippen molar-refractivity contribution in [3.8, 4) is 11.5 Å². The zero-order valence-electron chi connectivity index (χ0n) is 27.4. The average Bonchev–Trinajstić information content (AvgIpc) is 3.87. The van der Waals surface area contributed by atoms with Crippen LogP contribution < -0.4 is 0 Å². The van der Waals surface area contributed by atoms with Gasteiger partial charge in [-0.25, -0.2) is 0 Å². The standard InChI is InChI=1S/C40H54O5/c1-28(8-6-11-31-15-22-36(41)23-16-31)38(43)24-29(2)39(44)26-32(25-37(42)13-7-12-30-9-4-3-5-10-30)14-17-34-20-21-35(27-40(34)45)33-18-19-33/h3-4,9,15-16,20-23,27-29,32-33,38,41,43,45H,5-8,10-14,17-19,24-26H2,1-2H3. The van der Waals surface area contributed by atoms with E-state index in [4.69, 9.17) is 0 Å². The Balaban J connectivity index is 1.27. The van der Waals surface area contributed by atoms with Crippen LogP contribution in [-0.4, -0.2) is 33.0 Å². The SMILES string of the molecule is CC(CC(O)C(C)CCCc1ccc(O)cc1)C(=O)CC(CCc1ccc(C2CC2)cc1O)CC(=O)CCCC1=CC=CCC1. The average molecular weight is 615 g/mol. The third kappa shape index (κ3) is 11.9. The monoisotopic (exact) mass is 614 g/mol. The van der Waals surface area contributed by atoms with Crippen molar-refractivity contribution in [2.24, 2.45) is 17.8 Å². The lowest BCUT2D eigenvalue weighted by atomic mass is 9.83. The molecule has 0 radical (unpaired) electrons. The van der Waals surface area contributed by atoms with Crippen LogP contribution >= 0.6 is 0 Å². The van der Waals surface area contributed by atoms with Gasteiger partial charge in [-0.3, -0.25) is 9.59 Å². The summed E-state index contributed by atoms with van der Waals surface area (Å²) < 4.78 is 0. The number of carbonyl (C=O) groups excluding carboxylic acids is 2. The Morgan fingerprint density at radius 1 is 0.911 bits per heavy atom. The maximum Gasteiger partial charge on any atom is 0.136 e. The maximum atomic E-state index is 13.4. The largest absolute Gasteiger partial charge is 0.508 e. The second-order valence-electron chi connectivity index (χ2n) is 13.9. The summed E-state index contributed by atoms with van der Waals surface area (Å²) in [5.74, 6) is 1.19. The lowest BCUT2D eigenvalue weighted by Gasteiger charge is -2.23. The van der Waals surface area contributed by atoms with E-state index >= 15 is 0 Å². The first-order valence-corrected chi connectivity index (χ1v) is 17.3. The number of phenolic OH excluding ortho intramolecular Hbond substituents is 2. The molecular weight excluding hydrogens is 560 g/mol. The highest BCUT2D eigenvalue weighted by molar-refractivity contribution is 5.83. The van der Waals surface area contributed by atoms with Gasteiger partial charge < -0.3 is 15.3 Å². The molecule has 0 aromatic heterocycles. The molecular formula is C40H54O5. The summed E-state index contributed by atoms with van der Waals surface area (Å²) in [4.78, 5) is 26.5. The molecule has 45 heavy (non-hydrogen) atoms. The van der Waals surface area contributed by atoms with E-state index in [1.807, 2.05) is 38.1 Å². The number of carbonyl (C=O) groups is 2. The number of Topliss-reactive ketones (excluding diaryl/α,β-unsaturated/α-hetero) is 2. The van der Waals surface area contributed by atoms with Crippen molar-refractivity contribution in [2.45, 2.75) is 122 Å². The molecule has 4 atom stereocenters. The van der Waals surface area contributed by atoms with Gasteiger partial charge in [0.1, 0.15) is 23.1 Å². The van der Waals surface area contributed by atoms with Crippen LogP contribution in [0.3, 0.4) is 0 Å². The van der Waals surface area contributed by atoms with E-state index in [-0.39, 0.29) is 35.1 Å². The zero-order valence-corrected chi connectivity index (χ0v) is 27.4. The minimum absolute atomic E-state index is 0.0751. The highest BCUT2D eigenvalue weighted by Crippen LogP contribution is 2.41. The molecule has 1 saturated carbocycles. The molecule has 0 amide bonds. The van der Waals surface area contributed by atoms with Crippen molar-refractivity contribution in [2.75, 3.05) is 0 Å². The number of hydrogen-bond acceptors (Lipinski definition) is 5. The van der Waals surface area contributed by atoms with E-state index in [2.05, 4.69) is 24.3 Å². The normalized spacial score (nSPS) is 17.4. The highest BCUT2D eigenvalue weighted by Gasteiger charge is 2.26. The fraction of sp³-hybridized carbons (Fsp3) is 0.550. The van der Waals surface area contributed by atoms with Crippen molar-refractivity contribution in [1.82, 2.24) is 0 Å². The van der Waals surface area contributed by atoms with Gasteiger partial charge in [-0.1, -0.05) is 61.9 Å². The quantitative estimate of drug-likeness (QED) is 0.138. The molecule has 0 heterocycles. The molecule has 2 aliphatic rings. The third-order valence-corrected chi connectivity index (χ3v) is 9.90. The van der Waals surface area contributed by atoms with Gasteiger partial charge in [0.25, 0.3) is 0 Å². The molecule has 5 heteroatoms. The van der Waals surface area contributed by atoms with Gasteiger partial charge in [-0.15, -0.1) is 0 Å². The van der Waals surface area contributed by atoms with Crippen molar-refractivity contribution in [1.29, 1.82) is 0 Å². The second-order valence-corrected chi connectivity index (χ2v) is 13.9. The van der Waals surface area contributed by atoms with Crippen LogP contribution in [0.5, 0.6) is 11.5 Å². The Bertz CT molecular complexity index is 1300. The van der Waals surface area contributed by atoms with Crippen molar-refractivity contribution < 1.29 is 24.9 Å². The van der Waals surface area contributed by atoms with E-state index in [1.54, 1.807) is 12.1 Å². The number of allylic oxidation sites excluding steroid dienone is 4. The molecule has 0 spiro atoms. The number of aliphatic hydroxyl groups excluding tert-OH is 1. The molecule has 4 rings (SSSR count). The van der Waals surface area contributed by atoms with Gasteiger partial charge >= 0.3 is 0 Å². The van der Waals surface area contributed by atoms with Gasteiger partial charge in [0.2, 0.25) is 0 Å². The predicted octanol–water partition coefficient (Wildman–Crippen LogP) is 8.94. The maximum absolute atomic E-state index is 13.4. The first-order chi connectivity index (χ1) is 21.7. The van der Waals surface area contributed by atoms with Gasteiger partial charge in [0.05, 0.1) is 6.10 Å². The van der Waals surface area contributed by atoms with E-state index < -0.39 is 6.10 Å². The van der Waals surface area contributed by atoms with E-state index in [1.165, 1.54) is 24.0 Å². The Morgan fingerprint density at radius 3 is 2.38 bits per heavy atom. The summed E-state index contributed by atoms with van der Waals surface area (Å²) in [5, 5.41) is 31.1. The Hall–Kier alpha value is -3.18. The van der Waals surface area contributed by atoms with Crippen LogP contribution in [0.4, 0.5) is 0 Å². The van der Waals surface area contributed by atoms with Gasteiger partial charge in [-0.2, -0.15) is 0 Å². The van der Waals surface area contributed by atoms with Crippen LogP contribution in [0, 0.1) is 17.8 Å². The number of aryl methyl sites for hydroxylation is 2. The van der Waals surface area contributed by atoms with Crippen LogP contribution in [-0.2, 0) is 22.4 Å². The summed E-state index contributed by atoms with van der Waals surface area (Å²) >= 11 is 0. The van der Waals surface area contributed by atoms with Crippen LogP contribution in [0.15, 0.2) is 66.3 Å². The molecule has 5 nitrogen and oxygen atoms in total. The molecule has 2 aliphatic carbocycles. The molecule has 2 aromatic carbocycles. The number of aromatic hydroxyl groups is 2. The van der Waals surface area contributed by atoms with Crippen molar-refractivity contribution in [3.63, 3.8) is 0 Å². The summed E-state index contributed by atoms with van der Waals surface area (Å²) in [6.07, 6.45) is 17.8. The van der Waals surface area contributed by atoms with E-state index in [9.17, 15) is 24.9 Å². The molecule has 0 bridgehead atoms. The summed E-state index contributed by atoms with van der Waals surface area (Å²) in [5.41, 5.74) is 4.65. The van der Waals surface area contributed by atoms with Crippen LogP contribution in [0.2, 0.25) is 0 Å². The molecule has 2 aromatic rings. The molecule has 1 fully saturated rings. The molecule has 244 valence electrons.